The number of ether oxygens (including phenoxy) is 1. The predicted molar refractivity (Wildman–Crippen MR) is 128 cm³/mol. The summed E-state index contributed by atoms with van der Waals surface area (Å²) in [6, 6.07) is 27.1. The van der Waals surface area contributed by atoms with Gasteiger partial charge in [0.1, 0.15) is 0 Å². The zero-order chi connectivity index (χ0) is 23.2. The van der Waals surface area contributed by atoms with E-state index in [1.165, 1.54) is 0 Å². The molecule has 0 radical (unpaired) electrons. The largest absolute Gasteiger partial charge is 0.463 e. The average Bonchev–Trinajstić information content (AvgIpc) is 2.85. The number of esters is 1. The van der Waals surface area contributed by atoms with Crippen LogP contribution in [0.4, 0.5) is 10.5 Å². The van der Waals surface area contributed by atoms with Crippen LogP contribution in [0, 0.1) is 0 Å². The van der Waals surface area contributed by atoms with Crippen molar-refractivity contribution in [3.63, 3.8) is 0 Å². The van der Waals surface area contributed by atoms with Gasteiger partial charge in [0.2, 0.25) is 0 Å². The molecule has 0 saturated carbocycles. The second-order valence-electron chi connectivity index (χ2n) is 7.81. The van der Waals surface area contributed by atoms with Crippen LogP contribution in [0.2, 0.25) is 0 Å². The van der Waals surface area contributed by atoms with Gasteiger partial charge in [0, 0.05) is 17.8 Å². The Labute approximate surface area is 193 Å². The molecule has 0 spiro atoms. The van der Waals surface area contributed by atoms with Crippen molar-refractivity contribution in [1.29, 1.82) is 0 Å². The van der Waals surface area contributed by atoms with Gasteiger partial charge in [-0.25, -0.2) is 9.59 Å². The van der Waals surface area contributed by atoms with Crippen molar-refractivity contribution in [3.8, 4) is 0 Å². The number of benzene rings is 3. The van der Waals surface area contributed by atoms with Crippen molar-refractivity contribution < 1.29 is 14.3 Å². The van der Waals surface area contributed by atoms with Crippen LogP contribution in [0.3, 0.4) is 0 Å². The van der Waals surface area contributed by atoms with Crippen LogP contribution in [0.1, 0.15) is 36.6 Å². The smallest absolute Gasteiger partial charge is 0.338 e. The molecule has 0 fully saturated rings. The molecule has 2 atom stereocenters. The fourth-order valence-electron chi connectivity index (χ4n) is 4.25. The van der Waals surface area contributed by atoms with Gasteiger partial charge in [0.05, 0.1) is 24.3 Å². The lowest BCUT2D eigenvalue weighted by molar-refractivity contribution is -0.139. The Bertz CT molecular complexity index is 1130. The van der Waals surface area contributed by atoms with Crippen LogP contribution in [-0.2, 0) is 9.53 Å². The fraction of sp³-hybridized carbons (Fsp3) is 0.185. The Balaban J connectivity index is 1.86. The third-order valence-corrected chi connectivity index (χ3v) is 5.70. The Kier molecular flexibility index (Phi) is 6.74. The minimum Gasteiger partial charge on any atom is -0.463 e. The number of urea groups is 1. The topological polar surface area (TPSA) is 84.7 Å². The number of hydrogen-bond acceptors (Lipinski definition) is 4. The molecule has 1 aliphatic heterocycles. The van der Waals surface area contributed by atoms with Gasteiger partial charge in [-0.2, -0.15) is 0 Å². The van der Waals surface area contributed by atoms with E-state index in [1.807, 2.05) is 91.0 Å². The minimum absolute atomic E-state index is 0.218. The molecule has 6 nitrogen and oxygen atoms in total. The summed E-state index contributed by atoms with van der Waals surface area (Å²) in [7, 11) is 0. The quantitative estimate of drug-likeness (QED) is 0.534. The van der Waals surface area contributed by atoms with E-state index in [0.717, 1.165) is 11.1 Å². The molecule has 1 heterocycles. The molecule has 3 aromatic carbocycles. The molecule has 4 rings (SSSR count). The molecule has 33 heavy (non-hydrogen) atoms. The molecular formula is C27H27N3O3. The summed E-state index contributed by atoms with van der Waals surface area (Å²) >= 11 is 0. The van der Waals surface area contributed by atoms with Gasteiger partial charge in [-0.15, -0.1) is 0 Å². The Morgan fingerprint density at radius 2 is 1.45 bits per heavy atom. The first-order valence-corrected chi connectivity index (χ1v) is 11.0. The van der Waals surface area contributed by atoms with E-state index < -0.39 is 12.0 Å². The monoisotopic (exact) mass is 441 g/mol. The van der Waals surface area contributed by atoms with Crippen molar-refractivity contribution in [2.45, 2.75) is 25.4 Å². The summed E-state index contributed by atoms with van der Waals surface area (Å²) in [6.45, 7) is 1.97. The lowest BCUT2D eigenvalue weighted by Gasteiger charge is -2.43. The summed E-state index contributed by atoms with van der Waals surface area (Å²) < 4.78 is 5.36. The first-order valence-electron chi connectivity index (χ1n) is 11.0. The molecule has 0 bridgehead atoms. The molecule has 168 valence electrons. The first kappa shape index (κ1) is 22.1. The maximum absolute atomic E-state index is 13.8. The number of anilines is 1. The molecule has 6 heteroatoms. The van der Waals surface area contributed by atoms with Crippen LogP contribution >= 0.6 is 0 Å². The first-order chi connectivity index (χ1) is 16.1. The van der Waals surface area contributed by atoms with Gasteiger partial charge in [0.15, 0.2) is 0 Å². The number of para-hydroxylation sites is 1. The highest BCUT2D eigenvalue weighted by Crippen LogP contribution is 2.44. The Morgan fingerprint density at radius 1 is 0.909 bits per heavy atom. The SMILES string of the molecule is CCOC(=O)C1=C(N)C[C@H](c2ccccc2)N(C(=O)Nc2ccccc2)[C@@H]1c1ccccc1. The second-order valence-corrected chi connectivity index (χ2v) is 7.81. The van der Waals surface area contributed by atoms with Gasteiger partial charge in [-0.1, -0.05) is 78.9 Å². The van der Waals surface area contributed by atoms with E-state index in [1.54, 1.807) is 11.8 Å². The summed E-state index contributed by atoms with van der Waals surface area (Å²) in [5.74, 6) is -0.507. The van der Waals surface area contributed by atoms with Crippen molar-refractivity contribution in [2.75, 3.05) is 11.9 Å². The molecule has 0 saturated heterocycles. The zero-order valence-electron chi connectivity index (χ0n) is 18.5. The fourth-order valence-corrected chi connectivity index (χ4v) is 4.25. The number of carbonyl (C=O) groups is 2. The Morgan fingerprint density at radius 3 is 2.03 bits per heavy atom. The van der Waals surface area contributed by atoms with Crippen LogP contribution in [-0.4, -0.2) is 23.5 Å². The molecule has 0 aliphatic carbocycles. The standard InChI is InChI=1S/C27H27N3O3/c1-2-33-26(31)24-22(28)18-23(19-12-6-3-7-13-19)30(25(24)20-14-8-4-9-15-20)27(32)29-21-16-10-5-11-17-21/h3-17,23,25H,2,18,28H2,1H3,(H,29,32)/t23-,25-/m1/s1. The van der Waals surface area contributed by atoms with E-state index in [0.29, 0.717) is 23.4 Å². The number of nitrogens with two attached hydrogens (primary N) is 1. The zero-order valence-corrected chi connectivity index (χ0v) is 18.5. The predicted octanol–water partition coefficient (Wildman–Crippen LogP) is 5.18. The number of amides is 2. The minimum atomic E-state index is -0.701. The molecule has 2 amide bonds. The summed E-state index contributed by atoms with van der Waals surface area (Å²) in [4.78, 5) is 28.5. The molecule has 3 aromatic rings. The van der Waals surface area contributed by atoms with Crippen molar-refractivity contribution in [2.24, 2.45) is 5.73 Å². The van der Waals surface area contributed by atoms with Crippen molar-refractivity contribution in [1.82, 2.24) is 4.90 Å². The van der Waals surface area contributed by atoms with Gasteiger partial charge < -0.3 is 20.7 Å². The lowest BCUT2D eigenvalue weighted by Crippen LogP contribution is -2.46. The molecule has 0 unspecified atom stereocenters. The van der Waals surface area contributed by atoms with Gasteiger partial charge in [0.25, 0.3) is 0 Å². The number of hydrogen-bond donors (Lipinski definition) is 2. The van der Waals surface area contributed by atoms with E-state index in [9.17, 15) is 9.59 Å². The highest BCUT2D eigenvalue weighted by Gasteiger charge is 2.43. The van der Waals surface area contributed by atoms with E-state index in [-0.39, 0.29) is 18.7 Å². The summed E-state index contributed by atoms with van der Waals surface area (Å²) in [5.41, 5.74) is 9.63. The summed E-state index contributed by atoms with van der Waals surface area (Å²) in [5, 5.41) is 2.99. The van der Waals surface area contributed by atoms with E-state index in [2.05, 4.69) is 5.32 Å². The number of nitrogens with one attached hydrogen (secondary N) is 1. The normalized spacial score (nSPS) is 18.0. The van der Waals surface area contributed by atoms with Gasteiger partial charge in [-0.05, 0) is 30.2 Å². The van der Waals surface area contributed by atoms with E-state index >= 15 is 0 Å². The van der Waals surface area contributed by atoms with Gasteiger partial charge in [-0.3, -0.25) is 0 Å². The molecule has 1 aliphatic rings. The average molecular weight is 442 g/mol. The van der Waals surface area contributed by atoms with Crippen LogP contribution in [0.5, 0.6) is 0 Å². The van der Waals surface area contributed by atoms with E-state index in [4.69, 9.17) is 10.5 Å². The van der Waals surface area contributed by atoms with Crippen molar-refractivity contribution >= 4 is 17.7 Å². The highest BCUT2D eigenvalue weighted by atomic mass is 16.5. The second kappa shape index (κ2) is 10.0. The number of rotatable bonds is 5. The number of carbonyl (C=O) groups excluding carboxylic acids is 2. The van der Waals surface area contributed by atoms with Crippen LogP contribution in [0.25, 0.3) is 0 Å². The maximum Gasteiger partial charge on any atom is 0.338 e. The van der Waals surface area contributed by atoms with Gasteiger partial charge >= 0.3 is 12.0 Å². The van der Waals surface area contributed by atoms with Crippen molar-refractivity contribution in [3.05, 3.63) is 113 Å². The van der Waals surface area contributed by atoms with Crippen LogP contribution < -0.4 is 11.1 Å². The Hall–Kier alpha value is -4.06. The molecule has 3 N–H and O–H groups in total. The highest BCUT2D eigenvalue weighted by molar-refractivity contribution is 5.95. The van der Waals surface area contributed by atoms with Crippen LogP contribution in [0.15, 0.2) is 102 Å². The maximum atomic E-state index is 13.8. The molecular weight excluding hydrogens is 414 g/mol. The summed E-state index contributed by atoms with van der Waals surface area (Å²) in [6.07, 6.45) is 0.323. The third-order valence-electron chi connectivity index (χ3n) is 5.70. The third kappa shape index (κ3) is 4.75. The molecule has 0 aromatic heterocycles. The number of nitrogens with zero attached hydrogens (tertiary/aromatic N) is 1. The lowest BCUT2D eigenvalue weighted by atomic mass is 9.85.